The second kappa shape index (κ2) is 9.12. The number of aromatic nitrogens is 3. The first-order valence-corrected chi connectivity index (χ1v) is 10.1. The normalized spacial score (nSPS) is 11.9. The van der Waals surface area contributed by atoms with Gasteiger partial charge in [-0.05, 0) is 50.2 Å². The number of anilines is 2. The van der Waals surface area contributed by atoms with E-state index in [9.17, 15) is 4.79 Å². The number of hydrogen-bond donors (Lipinski definition) is 2. The molecule has 0 bridgehead atoms. The minimum Gasteiger partial charge on any atom is -0.378 e. The number of amides is 1. The van der Waals surface area contributed by atoms with E-state index in [1.54, 1.807) is 0 Å². The van der Waals surface area contributed by atoms with Crippen molar-refractivity contribution in [1.82, 2.24) is 14.8 Å². The van der Waals surface area contributed by atoms with E-state index in [-0.39, 0.29) is 11.2 Å². The van der Waals surface area contributed by atoms with E-state index in [0.29, 0.717) is 16.7 Å². The molecule has 1 aromatic heterocycles. The molecule has 0 spiro atoms. The highest BCUT2D eigenvalue weighted by atomic mass is 35.5. The minimum absolute atomic E-state index is 0.0716. The van der Waals surface area contributed by atoms with Crippen LogP contribution >= 0.6 is 23.4 Å². The van der Waals surface area contributed by atoms with Gasteiger partial charge < -0.3 is 15.2 Å². The maximum absolute atomic E-state index is 12.4. The molecule has 1 heterocycles. The van der Waals surface area contributed by atoms with Crippen molar-refractivity contribution in [3.63, 3.8) is 0 Å². The van der Waals surface area contributed by atoms with Gasteiger partial charge >= 0.3 is 0 Å². The van der Waals surface area contributed by atoms with E-state index in [4.69, 9.17) is 11.6 Å². The summed E-state index contributed by atoms with van der Waals surface area (Å²) in [5, 5.41) is 15.7. The van der Waals surface area contributed by atoms with Gasteiger partial charge in [-0.25, -0.2) is 0 Å². The fourth-order valence-electron chi connectivity index (χ4n) is 2.44. The quantitative estimate of drug-likeness (QED) is 0.555. The third-order valence-electron chi connectivity index (χ3n) is 4.19. The van der Waals surface area contributed by atoms with Crippen LogP contribution in [0.2, 0.25) is 5.02 Å². The summed E-state index contributed by atoms with van der Waals surface area (Å²) in [4.78, 5) is 12.4. The minimum atomic E-state index is -0.304. The van der Waals surface area contributed by atoms with Crippen molar-refractivity contribution in [2.24, 2.45) is 7.05 Å². The van der Waals surface area contributed by atoms with Crippen LogP contribution in [0.25, 0.3) is 0 Å². The lowest BCUT2D eigenvalue weighted by Crippen LogP contribution is -2.22. The van der Waals surface area contributed by atoms with Gasteiger partial charge in [0.15, 0.2) is 11.0 Å². The molecule has 0 aliphatic carbocycles. The van der Waals surface area contributed by atoms with Crippen LogP contribution in [0.3, 0.4) is 0 Å². The van der Waals surface area contributed by atoms with Gasteiger partial charge in [0, 0.05) is 23.4 Å². The molecule has 1 amide bonds. The average Bonchev–Trinajstić information content (AvgIpc) is 3.03. The van der Waals surface area contributed by atoms with Gasteiger partial charge in [-0.1, -0.05) is 41.1 Å². The lowest BCUT2D eigenvalue weighted by Gasteiger charge is -2.12. The van der Waals surface area contributed by atoms with Crippen LogP contribution in [0.15, 0.2) is 53.7 Å². The van der Waals surface area contributed by atoms with Crippen molar-refractivity contribution >= 4 is 40.6 Å². The molecular formula is C20H22ClN5OS. The van der Waals surface area contributed by atoms with Gasteiger partial charge in [-0.3, -0.25) is 4.79 Å². The van der Waals surface area contributed by atoms with Crippen LogP contribution in [0.5, 0.6) is 0 Å². The largest absolute Gasteiger partial charge is 0.378 e. The molecule has 2 N–H and O–H groups in total. The maximum Gasteiger partial charge on any atom is 0.237 e. The highest BCUT2D eigenvalue weighted by Gasteiger charge is 2.19. The number of thioether (sulfide) groups is 1. The molecule has 1 atom stereocenters. The Balaban J connectivity index is 1.57. The Morgan fingerprint density at radius 1 is 1.11 bits per heavy atom. The first-order chi connectivity index (χ1) is 13.4. The number of nitrogens with zero attached hydrogens (tertiary/aromatic N) is 3. The summed E-state index contributed by atoms with van der Waals surface area (Å²) in [6, 6.07) is 15.2. The summed E-state index contributed by atoms with van der Waals surface area (Å²) >= 11 is 7.28. The van der Waals surface area contributed by atoms with E-state index in [2.05, 4.69) is 20.8 Å². The monoisotopic (exact) mass is 415 g/mol. The highest BCUT2D eigenvalue weighted by molar-refractivity contribution is 8.00. The topological polar surface area (TPSA) is 71.8 Å². The van der Waals surface area contributed by atoms with E-state index < -0.39 is 0 Å². The van der Waals surface area contributed by atoms with Crippen LogP contribution in [-0.4, -0.2) is 25.9 Å². The van der Waals surface area contributed by atoms with Gasteiger partial charge in [0.05, 0.1) is 11.8 Å². The zero-order valence-electron chi connectivity index (χ0n) is 15.9. The number of halogens is 1. The Bertz CT molecular complexity index is 940. The Labute approximate surface area is 173 Å². The Morgan fingerprint density at radius 3 is 2.43 bits per heavy atom. The lowest BCUT2D eigenvalue weighted by atomic mass is 10.2. The van der Waals surface area contributed by atoms with Crippen molar-refractivity contribution in [3.8, 4) is 0 Å². The standard InChI is InChI=1S/C20H22ClN5OS/c1-13-4-8-17(9-5-13)23-19(27)14(2)28-20-25-24-18(26(20)3)12-22-16-10-6-15(21)7-11-16/h4-11,14,22H,12H2,1-3H3,(H,23,27)/t14-/m0/s1. The summed E-state index contributed by atoms with van der Waals surface area (Å²) in [6.07, 6.45) is 0. The number of hydrogen-bond acceptors (Lipinski definition) is 5. The third kappa shape index (κ3) is 5.27. The molecule has 6 nitrogen and oxygen atoms in total. The summed E-state index contributed by atoms with van der Waals surface area (Å²) in [6.45, 7) is 4.39. The van der Waals surface area contributed by atoms with Crippen LogP contribution in [0, 0.1) is 6.92 Å². The molecule has 3 aromatic rings. The number of aryl methyl sites for hydroxylation is 1. The molecule has 0 unspecified atom stereocenters. The molecule has 28 heavy (non-hydrogen) atoms. The Hall–Kier alpha value is -2.51. The van der Waals surface area contributed by atoms with E-state index in [1.165, 1.54) is 11.8 Å². The molecule has 0 fully saturated rings. The van der Waals surface area contributed by atoms with Crippen LogP contribution in [0.1, 0.15) is 18.3 Å². The number of benzene rings is 2. The van der Waals surface area contributed by atoms with Crippen molar-refractivity contribution in [2.75, 3.05) is 10.6 Å². The number of carbonyl (C=O) groups is 1. The van der Waals surface area contributed by atoms with Gasteiger partial charge in [0.2, 0.25) is 5.91 Å². The van der Waals surface area contributed by atoms with Crippen LogP contribution in [-0.2, 0) is 18.4 Å². The molecule has 2 aromatic carbocycles. The Kier molecular flexibility index (Phi) is 6.59. The predicted molar refractivity (Wildman–Crippen MR) is 115 cm³/mol. The molecule has 146 valence electrons. The number of rotatable bonds is 7. The predicted octanol–water partition coefficient (Wildman–Crippen LogP) is 4.51. The first-order valence-electron chi connectivity index (χ1n) is 8.84. The maximum atomic E-state index is 12.4. The van der Waals surface area contributed by atoms with Crippen LogP contribution < -0.4 is 10.6 Å². The second-order valence-electron chi connectivity index (χ2n) is 6.43. The van der Waals surface area contributed by atoms with Gasteiger partial charge in [-0.15, -0.1) is 10.2 Å². The van der Waals surface area contributed by atoms with Crippen LogP contribution in [0.4, 0.5) is 11.4 Å². The zero-order valence-corrected chi connectivity index (χ0v) is 17.5. The molecule has 0 radical (unpaired) electrons. The van der Waals surface area contributed by atoms with E-state index in [1.807, 2.05) is 74.0 Å². The van der Waals surface area contributed by atoms with Gasteiger partial charge in [0.1, 0.15) is 0 Å². The summed E-state index contributed by atoms with van der Waals surface area (Å²) in [5.41, 5.74) is 2.89. The third-order valence-corrected chi connectivity index (χ3v) is 5.58. The smallest absolute Gasteiger partial charge is 0.237 e. The molecule has 0 aliphatic heterocycles. The number of nitrogens with one attached hydrogen (secondary N) is 2. The second-order valence-corrected chi connectivity index (χ2v) is 8.18. The first kappa shape index (κ1) is 20.2. The molecule has 8 heteroatoms. The van der Waals surface area contributed by atoms with E-state index >= 15 is 0 Å². The van der Waals surface area contributed by atoms with Crippen molar-refractivity contribution in [3.05, 3.63) is 64.9 Å². The summed E-state index contributed by atoms with van der Waals surface area (Å²) < 4.78 is 1.89. The molecule has 0 aliphatic rings. The highest BCUT2D eigenvalue weighted by Crippen LogP contribution is 2.23. The van der Waals surface area contributed by atoms with Crippen molar-refractivity contribution < 1.29 is 4.79 Å². The fourth-order valence-corrected chi connectivity index (χ4v) is 3.40. The molecule has 0 saturated heterocycles. The molecular weight excluding hydrogens is 394 g/mol. The fraction of sp³-hybridized carbons (Fsp3) is 0.250. The molecule has 3 rings (SSSR count). The molecule has 0 saturated carbocycles. The van der Waals surface area contributed by atoms with E-state index in [0.717, 1.165) is 22.8 Å². The van der Waals surface area contributed by atoms with Gasteiger partial charge in [0.25, 0.3) is 0 Å². The van der Waals surface area contributed by atoms with Gasteiger partial charge in [-0.2, -0.15) is 0 Å². The summed E-state index contributed by atoms with van der Waals surface area (Å²) in [7, 11) is 1.89. The van der Waals surface area contributed by atoms with Crippen molar-refractivity contribution in [2.45, 2.75) is 30.8 Å². The average molecular weight is 416 g/mol. The zero-order chi connectivity index (χ0) is 20.1. The summed E-state index contributed by atoms with van der Waals surface area (Å²) in [5.74, 6) is 0.710. The number of carbonyl (C=O) groups excluding carboxylic acids is 1. The lowest BCUT2D eigenvalue weighted by molar-refractivity contribution is -0.115. The Morgan fingerprint density at radius 2 is 1.75 bits per heavy atom. The SMILES string of the molecule is Cc1ccc(NC(=O)[C@H](C)Sc2nnc(CNc3ccc(Cl)cc3)n2C)cc1. The van der Waals surface area contributed by atoms with Crippen molar-refractivity contribution in [1.29, 1.82) is 0 Å².